The molecule has 164 valence electrons. The van der Waals surface area contributed by atoms with E-state index in [1.807, 2.05) is 30.3 Å². The molecule has 0 aromatic heterocycles. The van der Waals surface area contributed by atoms with E-state index in [-0.39, 0.29) is 17.9 Å². The second-order valence-corrected chi connectivity index (χ2v) is 7.43. The van der Waals surface area contributed by atoms with Gasteiger partial charge in [-0.25, -0.2) is 4.79 Å². The third kappa shape index (κ3) is 4.19. The van der Waals surface area contributed by atoms with Gasteiger partial charge in [0.05, 0.1) is 5.57 Å². The summed E-state index contributed by atoms with van der Waals surface area (Å²) in [4.78, 5) is 11.9. The SMILES string of the molecule is O=C(O)C1=Cc2cc(OCc3ccccc3)ccc2OC1(Cc1ccccc1)C(F)(F)F. The molecule has 0 radical (unpaired) electrons. The third-order valence-corrected chi connectivity index (χ3v) is 5.23. The van der Waals surface area contributed by atoms with Gasteiger partial charge in [0.25, 0.3) is 0 Å². The first-order chi connectivity index (χ1) is 15.3. The molecule has 0 spiro atoms. The molecule has 4 nitrogen and oxygen atoms in total. The van der Waals surface area contributed by atoms with E-state index in [1.165, 1.54) is 30.3 Å². The van der Waals surface area contributed by atoms with E-state index >= 15 is 0 Å². The molecule has 7 heteroatoms. The minimum Gasteiger partial charge on any atom is -0.489 e. The quantitative estimate of drug-likeness (QED) is 0.537. The van der Waals surface area contributed by atoms with E-state index in [4.69, 9.17) is 9.47 Å². The summed E-state index contributed by atoms with van der Waals surface area (Å²) >= 11 is 0. The Hall–Kier alpha value is -3.74. The normalized spacial score (nSPS) is 17.7. The zero-order valence-electron chi connectivity index (χ0n) is 16.8. The summed E-state index contributed by atoms with van der Waals surface area (Å²) in [5.41, 5.74) is -2.45. The predicted molar refractivity (Wildman–Crippen MR) is 112 cm³/mol. The fourth-order valence-electron chi connectivity index (χ4n) is 3.64. The summed E-state index contributed by atoms with van der Waals surface area (Å²) in [6, 6.07) is 21.6. The molecule has 0 saturated carbocycles. The molecular formula is C25H19F3O4. The van der Waals surface area contributed by atoms with Crippen molar-refractivity contribution in [2.24, 2.45) is 0 Å². The molecule has 3 aromatic carbocycles. The van der Waals surface area contributed by atoms with Gasteiger partial charge in [0.15, 0.2) is 0 Å². The predicted octanol–water partition coefficient (Wildman–Crippen LogP) is 5.67. The Kier molecular flexibility index (Phi) is 5.65. The number of carbonyl (C=O) groups is 1. The number of benzene rings is 3. The Balaban J connectivity index is 1.70. The van der Waals surface area contributed by atoms with Crippen molar-refractivity contribution in [3.8, 4) is 11.5 Å². The van der Waals surface area contributed by atoms with Gasteiger partial charge in [-0.3, -0.25) is 0 Å². The Morgan fingerprint density at radius 3 is 2.16 bits per heavy atom. The Morgan fingerprint density at radius 2 is 1.56 bits per heavy atom. The van der Waals surface area contributed by atoms with Crippen LogP contribution in [0.15, 0.2) is 84.4 Å². The lowest BCUT2D eigenvalue weighted by Gasteiger charge is -2.39. The number of carboxylic acids is 1. The maximum atomic E-state index is 14.3. The van der Waals surface area contributed by atoms with Crippen molar-refractivity contribution in [3.05, 3.63) is 101 Å². The molecule has 1 aliphatic heterocycles. The van der Waals surface area contributed by atoms with Gasteiger partial charge in [0.1, 0.15) is 18.1 Å². The Morgan fingerprint density at radius 1 is 0.938 bits per heavy atom. The lowest BCUT2D eigenvalue weighted by Crippen LogP contribution is -2.56. The van der Waals surface area contributed by atoms with Crippen molar-refractivity contribution in [1.82, 2.24) is 0 Å². The fraction of sp³-hybridized carbons (Fsp3) is 0.160. The second-order valence-electron chi connectivity index (χ2n) is 7.43. The molecule has 3 aromatic rings. The molecule has 1 unspecified atom stereocenters. The molecule has 1 heterocycles. The number of hydrogen-bond donors (Lipinski definition) is 1. The van der Waals surface area contributed by atoms with Crippen molar-refractivity contribution in [2.75, 3.05) is 0 Å². The first-order valence-electron chi connectivity index (χ1n) is 9.84. The third-order valence-electron chi connectivity index (χ3n) is 5.23. The molecule has 1 aliphatic rings. The molecule has 4 rings (SSSR count). The largest absolute Gasteiger partial charge is 0.489 e. The number of ether oxygens (including phenoxy) is 2. The first kappa shape index (κ1) is 21.5. The van der Waals surface area contributed by atoms with Crippen molar-refractivity contribution in [2.45, 2.75) is 24.8 Å². The maximum absolute atomic E-state index is 14.3. The van der Waals surface area contributed by atoms with Crippen molar-refractivity contribution in [3.63, 3.8) is 0 Å². The van der Waals surface area contributed by atoms with E-state index in [9.17, 15) is 23.1 Å². The van der Waals surface area contributed by atoms with Crippen molar-refractivity contribution in [1.29, 1.82) is 0 Å². The summed E-state index contributed by atoms with van der Waals surface area (Å²) in [6.45, 7) is 0.260. The lowest BCUT2D eigenvalue weighted by atomic mass is 9.82. The van der Waals surface area contributed by atoms with Gasteiger partial charge < -0.3 is 14.6 Å². The van der Waals surface area contributed by atoms with Crippen LogP contribution < -0.4 is 9.47 Å². The Bertz CT molecular complexity index is 1140. The highest BCUT2D eigenvalue weighted by Gasteiger charge is 2.63. The van der Waals surface area contributed by atoms with Crippen molar-refractivity contribution >= 4 is 12.0 Å². The van der Waals surface area contributed by atoms with Gasteiger partial charge in [0.2, 0.25) is 5.60 Å². The summed E-state index contributed by atoms with van der Waals surface area (Å²) < 4.78 is 54.1. The summed E-state index contributed by atoms with van der Waals surface area (Å²) in [6.07, 6.45) is -4.61. The van der Waals surface area contributed by atoms with Crippen LogP contribution in [0.3, 0.4) is 0 Å². The van der Waals surface area contributed by atoms with Crippen LogP contribution in [-0.4, -0.2) is 22.9 Å². The minimum atomic E-state index is -4.97. The molecule has 0 aliphatic carbocycles. The number of aliphatic carboxylic acids is 1. The van der Waals surface area contributed by atoms with Gasteiger partial charge in [-0.1, -0.05) is 60.7 Å². The van der Waals surface area contributed by atoms with Crippen molar-refractivity contribution < 1.29 is 32.5 Å². The molecule has 1 N–H and O–H groups in total. The number of alkyl halides is 3. The second kappa shape index (κ2) is 8.42. The minimum absolute atomic E-state index is 0.0599. The number of halogens is 3. The average Bonchev–Trinajstić information content (AvgIpc) is 2.77. The van der Waals surface area contributed by atoms with Crippen LogP contribution >= 0.6 is 0 Å². The molecule has 32 heavy (non-hydrogen) atoms. The van der Waals surface area contributed by atoms with E-state index in [0.29, 0.717) is 11.3 Å². The van der Waals surface area contributed by atoms with Crippen LogP contribution in [0.1, 0.15) is 16.7 Å². The van der Waals surface area contributed by atoms with Gasteiger partial charge in [-0.15, -0.1) is 0 Å². The molecule has 0 amide bonds. The van der Waals surface area contributed by atoms with Crippen LogP contribution in [0.4, 0.5) is 13.2 Å². The fourth-order valence-corrected chi connectivity index (χ4v) is 3.64. The van der Waals surface area contributed by atoms with E-state index in [1.54, 1.807) is 18.2 Å². The molecular weight excluding hydrogens is 421 g/mol. The molecule has 0 bridgehead atoms. The molecule has 0 fully saturated rings. The maximum Gasteiger partial charge on any atom is 0.433 e. The summed E-state index contributed by atoms with van der Waals surface area (Å²) in [5.74, 6) is -1.37. The number of hydrogen-bond acceptors (Lipinski definition) is 3. The summed E-state index contributed by atoms with van der Waals surface area (Å²) in [5, 5.41) is 9.68. The highest BCUT2D eigenvalue weighted by molar-refractivity contribution is 5.96. The standard InChI is InChI=1S/C25H19F3O4/c26-25(27,28)24(15-17-7-3-1-4-8-17)21(23(29)30)14-19-13-20(11-12-22(19)32-24)31-16-18-9-5-2-6-10-18/h1-14H,15-16H2,(H,29,30). The number of carboxylic acid groups (broad SMARTS) is 1. The van der Waals surface area contributed by atoms with Crippen LogP contribution in [0.25, 0.3) is 6.08 Å². The monoisotopic (exact) mass is 440 g/mol. The summed E-state index contributed by atoms with van der Waals surface area (Å²) in [7, 11) is 0. The van der Waals surface area contributed by atoms with E-state index in [0.717, 1.165) is 11.6 Å². The highest BCUT2D eigenvalue weighted by atomic mass is 19.4. The highest BCUT2D eigenvalue weighted by Crippen LogP contribution is 2.47. The first-order valence-corrected chi connectivity index (χ1v) is 9.84. The van der Waals surface area contributed by atoms with Gasteiger partial charge in [-0.2, -0.15) is 13.2 Å². The van der Waals surface area contributed by atoms with Gasteiger partial charge in [0, 0.05) is 12.0 Å². The van der Waals surface area contributed by atoms with Crippen LogP contribution in [0, 0.1) is 0 Å². The van der Waals surface area contributed by atoms with Crippen LogP contribution in [-0.2, 0) is 17.8 Å². The number of rotatable bonds is 6. The van der Waals surface area contributed by atoms with Gasteiger partial charge >= 0.3 is 12.1 Å². The topological polar surface area (TPSA) is 55.8 Å². The van der Waals surface area contributed by atoms with E-state index in [2.05, 4.69) is 0 Å². The zero-order valence-corrected chi connectivity index (χ0v) is 16.8. The lowest BCUT2D eigenvalue weighted by molar-refractivity contribution is -0.235. The number of fused-ring (bicyclic) bond motifs is 1. The average molecular weight is 440 g/mol. The van der Waals surface area contributed by atoms with E-state index < -0.39 is 29.7 Å². The zero-order chi connectivity index (χ0) is 22.8. The van der Waals surface area contributed by atoms with Gasteiger partial charge in [-0.05, 0) is 35.4 Å². The molecule has 1 atom stereocenters. The van der Waals surface area contributed by atoms with Crippen LogP contribution in [0.2, 0.25) is 0 Å². The Labute approximate surface area is 182 Å². The smallest absolute Gasteiger partial charge is 0.433 e. The van der Waals surface area contributed by atoms with Crippen LogP contribution in [0.5, 0.6) is 11.5 Å². The molecule has 0 saturated heterocycles.